The number of hydrogen-bond acceptors (Lipinski definition) is 7. The van der Waals surface area contributed by atoms with Crippen LogP contribution in [-0.2, 0) is 4.74 Å². The highest BCUT2D eigenvalue weighted by Crippen LogP contribution is 2.43. The number of esters is 1. The summed E-state index contributed by atoms with van der Waals surface area (Å²) in [6.07, 6.45) is 0.890. The van der Waals surface area contributed by atoms with Crippen molar-refractivity contribution >= 4 is 28.5 Å². The topological polar surface area (TPSA) is 95.3 Å². The SMILES string of the molecule is CCOC(=O)c1ccc(N2C(=O)c3oc4ccccc4c(=O)c3C2c2ccc(OCCC(C)C)c(OCC)c2)cc1. The second-order valence-corrected chi connectivity index (χ2v) is 10.2. The molecule has 41 heavy (non-hydrogen) atoms. The molecule has 1 atom stereocenters. The van der Waals surface area contributed by atoms with Crippen molar-refractivity contribution in [1.29, 1.82) is 0 Å². The fourth-order valence-electron chi connectivity index (χ4n) is 4.96. The molecule has 0 fully saturated rings. The Balaban J connectivity index is 1.64. The van der Waals surface area contributed by atoms with Gasteiger partial charge in [-0.25, -0.2) is 4.79 Å². The minimum atomic E-state index is -0.796. The Bertz CT molecular complexity index is 1640. The van der Waals surface area contributed by atoms with E-state index in [1.165, 1.54) is 4.90 Å². The summed E-state index contributed by atoms with van der Waals surface area (Å²) < 4.78 is 23.1. The second-order valence-electron chi connectivity index (χ2n) is 10.2. The summed E-state index contributed by atoms with van der Waals surface area (Å²) in [6, 6.07) is 18.1. The van der Waals surface area contributed by atoms with Gasteiger partial charge in [-0.2, -0.15) is 0 Å². The van der Waals surface area contributed by atoms with Crippen molar-refractivity contribution in [3.63, 3.8) is 0 Å². The zero-order valence-electron chi connectivity index (χ0n) is 23.6. The predicted octanol–water partition coefficient (Wildman–Crippen LogP) is 6.54. The van der Waals surface area contributed by atoms with E-state index < -0.39 is 17.9 Å². The number of benzene rings is 3. The van der Waals surface area contributed by atoms with Crippen molar-refractivity contribution in [2.75, 3.05) is 24.7 Å². The Hall–Kier alpha value is -4.59. The van der Waals surface area contributed by atoms with Crippen LogP contribution in [0.3, 0.4) is 0 Å². The minimum absolute atomic E-state index is 0.0108. The number of amides is 1. The molecule has 1 unspecified atom stereocenters. The van der Waals surface area contributed by atoms with Crippen LogP contribution >= 0.6 is 0 Å². The molecule has 0 bridgehead atoms. The lowest BCUT2D eigenvalue weighted by Gasteiger charge is -2.26. The monoisotopic (exact) mass is 555 g/mol. The molecule has 8 nitrogen and oxygen atoms in total. The van der Waals surface area contributed by atoms with E-state index in [9.17, 15) is 14.4 Å². The molecule has 0 saturated heterocycles. The van der Waals surface area contributed by atoms with Crippen LogP contribution in [-0.4, -0.2) is 31.7 Å². The Kier molecular flexibility index (Phi) is 8.10. The summed E-state index contributed by atoms with van der Waals surface area (Å²) in [5.41, 5.74) is 1.83. The quantitative estimate of drug-likeness (QED) is 0.205. The number of hydrogen-bond donors (Lipinski definition) is 0. The third-order valence-electron chi connectivity index (χ3n) is 6.97. The molecule has 3 aromatic carbocycles. The van der Waals surface area contributed by atoms with Crippen LogP contribution in [0.2, 0.25) is 0 Å². The minimum Gasteiger partial charge on any atom is -0.490 e. The van der Waals surface area contributed by atoms with Gasteiger partial charge in [-0.15, -0.1) is 0 Å². The van der Waals surface area contributed by atoms with E-state index in [2.05, 4.69) is 13.8 Å². The maximum Gasteiger partial charge on any atom is 0.338 e. The Morgan fingerprint density at radius 3 is 2.39 bits per heavy atom. The molecule has 0 saturated carbocycles. The first-order valence-corrected chi connectivity index (χ1v) is 13.9. The highest BCUT2D eigenvalue weighted by molar-refractivity contribution is 6.10. The first-order chi connectivity index (χ1) is 19.8. The molecular formula is C33H33NO7. The smallest absolute Gasteiger partial charge is 0.338 e. The first-order valence-electron chi connectivity index (χ1n) is 13.9. The third-order valence-corrected chi connectivity index (χ3v) is 6.97. The van der Waals surface area contributed by atoms with Gasteiger partial charge < -0.3 is 18.6 Å². The third kappa shape index (κ3) is 5.42. The average molecular weight is 556 g/mol. The molecule has 5 rings (SSSR count). The lowest BCUT2D eigenvalue weighted by Crippen LogP contribution is -2.29. The van der Waals surface area contributed by atoms with E-state index in [-0.39, 0.29) is 23.4 Å². The van der Waals surface area contributed by atoms with Gasteiger partial charge in [-0.3, -0.25) is 14.5 Å². The lowest BCUT2D eigenvalue weighted by molar-refractivity contribution is 0.0526. The molecule has 4 aromatic rings. The van der Waals surface area contributed by atoms with Crippen molar-refractivity contribution in [3.05, 3.63) is 99.4 Å². The Labute approximate surface area is 238 Å². The van der Waals surface area contributed by atoms with E-state index in [1.807, 2.05) is 25.1 Å². The molecule has 0 radical (unpaired) electrons. The van der Waals surface area contributed by atoms with Gasteiger partial charge in [0.2, 0.25) is 5.76 Å². The Morgan fingerprint density at radius 1 is 0.927 bits per heavy atom. The number of ether oxygens (including phenoxy) is 3. The number of fused-ring (bicyclic) bond motifs is 2. The zero-order valence-corrected chi connectivity index (χ0v) is 23.6. The fraction of sp³-hybridized carbons (Fsp3) is 0.303. The molecule has 212 valence electrons. The van der Waals surface area contributed by atoms with Crippen molar-refractivity contribution < 1.29 is 28.2 Å². The van der Waals surface area contributed by atoms with Gasteiger partial charge in [0, 0.05) is 5.69 Å². The fourth-order valence-corrected chi connectivity index (χ4v) is 4.96. The van der Waals surface area contributed by atoms with Crippen LogP contribution in [0.25, 0.3) is 11.0 Å². The summed E-state index contributed by atoms with van der Waals surface area (Å²) >= 11 is 0. The molecule has 0 aliphatic carbocycles. The van der Waals surface area contributed by atoms with Gasteiger partial charge in [0.1, 0.15) is 5.58 Å². The molecule has 0 N–H and O–H groups in total. The number of carbonyl (C=O) groups excluding carboxylic acids is 2. The van der Waals surface area contributed by atoms with E-state index in [0.717, 1.165) is 6.42 Å². The van der Waals surface area contributed by atoms with Crippen molar-refractivity contribution in [2.24, 2.45) is 5.92 Å². The summed E-state index contributed by atoms with van der Waals surface area (Å²) in [6.45, 7) is 9.09. The van der Waals surface area contributed by atoms with E-state index >= 15 is 0 Å². The van der Waals surface area contributed by atoms with Crippen LogP contribution < -0.4 is 19.8 Å². The number of rotatable bonds is 10. The van der Waals surface area contributed by atoms with Gasteiger partial charge in [0.15, 0.2) is 16.9 Å². The molecule has 1 aromatic heterocycles. The van der Waals surface area contributed by atoms with Gasteiger partial charge in [0.25, 0.3) is 5.91 Å². The van der Waals surface area contributed by atoms with Gasteiger partial charge in [-0.1, -0.05) is 32.0 Å². The molecule has 2 heterocycles. The zero-order chi connectivity index (χ0) is 29.1. The first kappa shape index (κ1) is 28.0. The second kappa shape index (κ2) is 11.9. The van der Waals surface area contributed by atoms with E-state index in [1.54, 1.807) is 55.5 Å². The van der Waals surface area contributed by atoms with E-state index in [0.29, 0.717) is 58.4 Å². The van der Waals surface area contributed by atoms with Gasteiger partial charge in [0.05, 0.1) is 42.4 Å². The molecule has 0 spiro atoms. The number of nitrogens with zero attached hydrogens (tertiary/aromatic N) is 1. The highest BCUT2D eigenvalue weighted by Gasteiger charge is 2.44. The van der Waals surface area contributed by atoms with Gasteiger partial charge >= 0.3 is 5.97 Å². The molecule has 1 amide bonds. The van der Waals surface area contributed by atoms with Crippen LogP contribution in [0.1, 0.15) is 72.2 Å². The highest BCUT2D eigenvalue weighted by atomic mass is 16.5. The number of para-hydroxylation sites is 1. The van der Waals surface area contributed by atoms with Crippen molar-refractivity contribution in [3.8, 4) is 11.5 Å². The number of anilines is 1. The van der Waals surface area contributed by atoms with Crippen LogP contribution in [0.5, 0.6) is 11.5 Å². The summed E-state index contributed by atoms with van der Waals surface area (Å²) in [4.78, 5) is 41.6. The number of carbonyl (C=O) groups is 2. The average Bonchev–Trinajstić information content (AvgIpc) is 3.26. The lowest BCUT2D eigenvalue weighted by atomic mass is 9.97. The molecule has 1 aliphatic rings. The van der Waals surface area contributed by atoms with Crippen LogP contribution in [0, 0.1) is 5.92 Å². The molecule has 8 heteroatoms. The van der Waals surface area contributed by atoms with E-state index in [4.69, 9.17) is 18.6 Å². The van der Waals surface area contributed by atoms with Crippen LogP contribution in [0.15, 0.2) is 75.9 Å². The maximum atomic E-state index is 13.9. The van der Waals surface area contributed by atoms with Crippen molar-refractivity contribution in [1.82, 2.24) is 0 Å². The normalized spacial score (nSPS) is 14.4. The summed E-state index contributed by atoms with van der Waals surface area (Å²) in [7, 11) is 0. The largest absolute Gasteiger partial charge is 0.490 e. The maximum absolute atomic E-state index is 13.9. The summed E-state index contributed by atoms with van der Waals surface area (Å²) in [5, 5.41) is 0.391. The van der Waals surface area contributed by atoms with Gasteiger partial charge in [-0.05, 0) is 80.3 Å². The Morgan fingerprint density at radius 2 is 1.68 bits per heavy atom. The molecular weight excluding hydrogens is 522 g/mol. The predicted molar refractivity (Wildman–Crippen MR) is 156 cm³/mol. The van der Waals surface area contributed by atoms with Crippen molar-refractivity contribution in [2.45, 2.75) is 40.2 Å². The molecule has 1 aliphatic heterocycles. The standard InChI is InChI=1S/C33H33NO7/c1-5-38-27-19-22(13-16-26(27)40-18-17-20(3)4)29-28-30(35)24-9-7-8-10-25(24)41-31(28)32(36)34(29)23-14-11-21(12-15-23)33(37)39-6-2/h7-16,19-20,29H,5-6,17-18H2,1-4H3. The van der Waals surface area contributed by atoms with Crippen LogP contribution in [0.4, 0.5) is 5.69 Å². The summed E-state index contributed by atoms with van der Waals surface area (Å²) in [5.74, 6) is 0.692.